The second-order valence-corrected chi connectivity index (χ2v) is 8.16. The molecule has 1 aliphatic rings. The van der Waals surface area contributed by atoms with Crippen LogP contribution >= 0.6 is 24.8 Å². The molecule has 2 N–H and O–H groups in total. The van der Waals surface area contributed by atoms with Crippen LogP contribution in [0.3, 0.4) is 0 Å². The van der Waals surface area contributed by atoms with Crippen molar-refractivity contribution in [2.45, 2.75) is 39.3 Å². The van der Waals surface area contributed by atoms with Crippen molar-refractivity contribution in [3.8, 4) is 5.75 Å². The predicted molar refractivity (Wildman–Crippen MR) is 140 cm³/mol. The second kappa shape index (κ2) is 13.7. The maximum atomic E-state index is 12.5. The molecule has 2 aromatic rings. The highest BCUT2D eigenvalue weighted by molar-refractivity contribution is 5.94. The van der Waals surface area contributed by atoms with E-state index < -0.39 is 0 Å². The van der Waals surface area contributed by atoms with Gasteiger partial charge in [-0.15, -0.1) is 24.8 Å². The second-order valence-electron chi connectivity index (χ2n) is 8.16. The number of rotatable bonds is 8. The third-order valence-electron chi connectivity index (χ3n) is 6.04. The van der Waals surface area contributed by atoms with Crippen molar-refractivity contribution in [1.29, 1.82) is 0 Å². The summed E-state index contributed by atoms with van der Waals surface area (Å²) < 4.78 is 5.71. The Balaban J connectivity index is 0.00000272. The van der Waals surface area contributed by atoms with Gasteiger partial charge in [-0.3, -0.25) is 4.79 Å². The number of hydrogen-bond acceptors (Lipinski definition) is 5. The Morgan fingerprint density at radius 2 is 1.76 bits per heavy atom. The van der Waals surface area contributed by atoms with Crippen molar-refractivity contribution in [1.82, 2.24) is 10.2 Å². The van der Waals surface area contributed by atoms with Crippen LogP contribution in [0.15, 0.2) is 42.5 Å². The fourth-order valence-electron chi connectivity index (χ4n) is 4.18. The van der Waals surface area contributed by atoms with E-state index in [1.54, 1.807) is 7.11 Å². The van der Waals surface area contributed by atoms with Crippen LogP contribution in [0, 0.1) is 0 Å². The first-order valence-corrected chi connectivity index (χ1v) is 11.2. The number of carbonyl (C=O) groups is 1. The molecular formula is C25H37Cl2N3O3. The third-order valence-corrected chi connectivity index (χ3v) is 6.04. The molecule has 8 heteroatoms. The van der Waals surface area contributed by atoms with E-state index >= 15 is 0 Å². The number of piperazine rings is 1. The molecule has 0 spiro atoms. The van der Waals surface area contributed by atoms with Crippen molar-refractivity contribution in [2.75, 3.05) is 44.8 Å². The lowest BCUT2D eigenvalue weighted by Gasteiger charge is -2.40. The SMILES string of the molecule is CCN(CC)C(=O)c1ccc(Cc2ccc(N3CC(C)NCC3CO)c(OC)c2)cc1.Cl.Cl. The monoisotopic (exact) mass is 497 g/mol. The number of aliphatic hydroxyl groups is 1. The molecule has 1 aliphatic heterocycles. The van der Waals surface area contributed by atoms with E-state index in [4.69, 9.17) is 4.74 Å². The first-order chi connectivity index (χ1) is 15.0. The van der Waals surface area contributed by atoms with E-state index in [1.807, 2.05) is 43.0 Å². The molecule has 0 aliphatic carbocycles. The molecule has 6 nitrogen and oxygen atoms in total. The summed E-state index contributed by atoms with van der Waals surface area (Å²) in [5.74, 6) is 0.893. The van der Waals surface area contributed by atoms with E-state index in [9.17, 15) is 9.90 Å². The van der Waals surface area contributed by atoms with Crippen molar-refractivity contribution in [2.24, 2.45) is 0 Å². The highest BCUT2D eigenvalue weighted by atomic mass is 35.5. The summed E-state index contributed by atoms with van der Waals surface area (Å²) in [6, 6.07) is 14.5. The van der Waals surface area contributed by atoms with Gasteiger partial charge >= 0.3 is 0 Å². The van der Waals surface area contributed by atoms with Crippen LogP contribution in [0.25, 0.3) is 0 Å². The number of carbonyl (C=O) groups excluding carboxylic acids is 1. The van der Waals surface area contributed by atoms with Crippen molar-refractivity contribution >= 4 is 36.4 Å². The molecule has 184 valence electrons. The fourth-order valence-corrected chi connectivity index (χ4v) is 4.18. The van der Waals surface area contributed by atoms with Gasteiger partial charge in [-0.25, -0.2) is 0 Å². The largest absolute Gasteiger partial charge is 0.495 e. The van der Waals surface area contributed by atoms with Gasteiger partial charge in [-0.2, -0.15) is 0 Å². The molecule has 1 saturated heterocycles. The number of hydrogen-bond donors (Lipinski definition) is 2. The maximum absolute atomic E-state index is 12.5. The minimum atomic E-state index is 0. The average Bonchev–Trinajstić information content (AvgIpc) is 2.80. The molecule has 1 amide bonds. The Morgan fingerprint density at radius 1 is 1.12 bits per heavy atom. The Bertz CT molecular complexity index is 876. The van der Waals surface area contributed by atoms with Crippen LogP contribution in [-0.4, -0.2) is 67.9 Å². The summed E-state index contributed by atoms with van der Waals surface area (Å²) in [5, 5.41) is 13.2. The van der Waals surface area contributed by atoms with E-state index in [0.29, 0.717) is 19.1 Å². The van der Waals surface area contributed by atoms with Crippen molar-refractivity contribution in [3.63, 3.8) is 0 Å². The van der Waals surface area contributed by atoms with Gasteiger partial charge < -0.3 is 25.0 Å². The third kappa shape index (κ3) is 7.00. The highest BCUT2D eigenvalue weighted by Gasteiger charge is 2.27. The molecular weight excluding hydrogens is 461 g/mol. The number of halogens is 2. The standard InChI is InChI=1S/C25H35N3O3.2ClH/c1-5-27(6-2)25(30)21-10-7-19(8-11-21)13-20-9-12-23(24(14-20)31-4)28-16-18(3)26-15-22(28)17-29;;/h7-12,14,18,22,26,29H,5-6,13,15-17H2,1-4H3;2*1H. The maximum Gasteiger partial charge on any atom is 0.253 e. The Labute approximate surface area is 210 Å². The lowest BCUT2D eigenvalue weighted by atomic mass is 10.0. The molecule has 2 atom stereocenters. The highest BCUT2D eigenvalue weighted by Crippen LogP contribution is 2.32. The van der Waals surface area contributed by atoms with Gasteiger partial charge in [0.15, 0.2) is 0 Å². The molecule has 1 fully saturated rings. The molecule has 3 rings (SSSR count). The summed E-state index contributed by atoms with van der Waals surface area (Å²) in [5.41, 5.74) is 4.03. The molecule has 0 bridgehead atoms. The number of anilines is 1. The number of benzene rings is 2. The van der Waals surface area contributed by atoms with E-state index in [2.05, 4.69) is 35.3 Å². The number of methoxy groups -OCH3 is 1. The zero-order chi connectivity index (χ0) is 22.4. The number of nitrogens with zero attached hydrogens (tertiary/aromatic N) is 2. The van der Waals surface area contributed by atoms with Crippen LogP contribution in [-0.2, 0) is 6.42 Å². The molecule has 2 unspecified atom stereocenters. The van der Waals surface area contributed by atoms with Gasteiger partial charge in [-0.05, 0) is 62.6 Å². The first kappa shape index (κ1) is 29.0. The average molecular weight is 498 g/mol. The van der Waals surface area contributed by atoms with Gasteiger partial charge in [0.2, 0.25) is 0 Å². The molecule has 1 heterocycles. The van der Waals surface area contributed by atoms with Crippen molar-refractivity contribution < 1.29 is 14.6 Å². The summed E-state index contributed by atoms with van der Waals surface area (Å²) in [4.78, 5) is 16.6. The van der Waals surface area contributed by atoms with Gasteiger partial charge in [0.25, 0.3) is 5.91 Å². The summed E-state index contributed by atoms with van der Waals surface area (Å²) >= 11 is 0. The lowest BCUT2D eigenvalue weighted by Crippen LogP contribution is -2.57. The number of amides is 1. The van der Waals surface area contributed by atoms with Crippen LogP contribution in [0.5, 0.6) is 5.75 Å². The van der Waals surface area contributed by atoms with E-state index in [1.165, 1.54) is 0 Å². The molecule has 0 radical (unpaired) electrons. The quantitative estimate of drug-likeness (QED) is 0.580. The zero-order valence-corrected chi connectivity index (χ0v) is 21.5. The van der Waals surface area contributed by atoms with Gasteiger partial charge in [0.1, 0.15) is 5.75 Å². The predicted octanol–water partition coefficient (Wildman–Crippen LogP) is 3.77. The Morgan fingerprint density at radius 3 is 2.33 bits per heavy atom. The number of aliphatic hydroxyl groups excluding tert-OH is 1. The molecule has 2 aromatic carbocycles. The fraction of sp³-hybridized carbons (Fsp3) is 0.480. The summed E-state index contributed by atoms with van der Waals surface area (Å²) in [6.07, 6.45) is 0.762. The molecule has 0 saturated carbocycles. The minimum Gasteiger partial charge on any atom is -0.495 e. The molecule has 33 heavy (non-hydrogen) atoms. The van der Waals surface area contributed by atoms with Crippen LogP contribution in [0.4, 0.5) is 5.69 Å². The topological polar surface area (TPSA) is 65.0 Å². The summed E-state index contributed by atoms with van der Waals surface area (Å²) in [6.45, 7) is 9.25. The Kier molecular flexibility index (Phi) is 12.0. The number of ether oxygens (including phenoxy) is 1. The summed E-state index contributed by atoms with van der Waals surface area (Å²) in [7, 11) is 1.69. The smallest absolute Gasteiger partial charge is 0.253 e. The van der Waals surface area contributed by atoms with Crippen molar-refractivity contribution in [3.05, 3.63) is 59.2 Å². The van der Waals surface area contributed by atoms with E-state index in [0.717, 1.165) is 47.6 Å². The zero-order valence-electron chi connectivity index (χ0n) is 19.9. The first-order valence-electron chi connectivity index (χ1n) is 11.2. The Hall–Kier alpha value is -1.99. The van der Waals surface area contributed by atoms with Gasteiger partial charge in [0.05, 0.1) is 25.4 Å². The molecule has 0 aromatic heterocycles. The van der Waals surface area contributed by atoms with Crippen LogP contribution < -0.4 is 15.0 Å². The van der Waals surface area contributed by atoms with Crippen LogP contribution in [0.2, 0.25) is 0 Å². The van der Waals surface area contributed by atoms with Gasteiger partial charge in [0, 0.05) is 37.8 Å². The lowest BCUT2D eigenvalue weighted by molar-refractivity contribution is 0.0773. The minimum absolute atomic E-state index is 0. The van der Waals surface area contributed by atoms with E-state index in [-0.39, 0.29) is 43.4 Å². The number of nitrogens with one attached hydrogen (secondary N) is 1. The van der Waals surface area contributed by atoms with Gasteiger partial charge in [-0.1, -0.05) is 18.2 Å². The normalized spacial score (nSPS) is 17.5. The van der Waals surface area contributed by atoms with Crippen LogP contribution in [0.1, 0.15) is 42.3 Å².